The first-order chi connectivity index (χ1) is 16.1. The third-order valence-electron chi connectivity index (χ3n) is 6.21. The summed E-state index contributed by atoms with van der Waals surface area (Å²) in [4.78, 5) is 22.8. The number of hydrogen-bond acceptors (Lipinski definition) is 6. The van der Waals surface area contributed by atoms with E-state index in [-0.39, 0.29) is 11.9 Å². The van der Waals surface area contributed by atoms with Crippen molar-refractivity contribution in [2.45, 2.75) is 58.0 Å². The standard InChI is InChI=1S/C25H28N6OS/c1-3-21-28-23(22-16(2)30-31(24(22)29-21)19-8-5-4-6-9-19)26-17-11-13-18(14-12-17)27-25(32)20-10-7-15-33-20/h4-10,15,17-18H,3,11-14H2,1-2H3,(H,27,32)(H,26,28,29). The summed E-state index contributed by atoms with van der Waals surface area (Å²) in [6.45, 7) is 4.08. The van der Waals surface area contributed by atoms with Gasteiger partial charge in [0, 0.05) is 18.5 Å². The Morgan fingerprint density at radius 3 is 2.52 bits per heavy atom. The summed E-state index contributed by atoms with van der Waals surface area (Å²) in [5.74, 6) is 1.71. The fourth-order valence-corrected chi connectivity index (χ4v) is 5.11. The van der Waals surface area contributed by atoms with Gasteiger partial charge in [-0.05, 0) is 56.2 Å². The first-order valence-corrected chi connectivity index (χ1v) is 12.4. The van der Waals surface area contributed by atoms with Gasteiger partial charge in [0.25, 0.3) is 5.91 Å². The molecule has 0 spiro atoms. The van der Waals surface area contributed by atoms with Gasteiger partial charge in [0.15, 0.2) is 5.65 Å². The summed E-state index contributed by atoms with van der Waals surface area (Å²) in [6, 6.07) is 14.4. The molecule has 3 aromatic heterocycles. The Morgan fingerprint density at radius 2 is 1.82 bits per heavy atom. The van der Waals surface area contributed by atoms with Crippen molar-refractivity contribution in [1.29, 1.82) is 0 Å². The highest BCUT2D eigenvalue weighted by atomic mass is 32.1. The molecule has 1 amide bonds. The van der Waals surface area contributed by atoms with Crippen molar-refractivity contribution in [1.82, 2.24) is 25.1 Å². The van der Waals surface area contributed by atoms with Crippen molar-refractivity contribution in [3.63, 3.8) is 0 Å². The summed E-state index contributed by atoms with van der Waals surface area (Å²) < 4.78 is 1.91. The summed E-state index contributed by atoms with van der Waals surface area (Å²) in [6.07, 6.45) is 4.62. The second-order valence-corrected chi connectivity index (χ2v) is 9.46. The van der Waals surface area contributed by atoms with E-state index in [2.05, 4.69) is 17.6 Å². The number of anilines is 1. The lowest BCUT2D eigenvalue weighted by molar-refractivity contribution is 0.0930. The van der Waals surface area contributed by atoms with Crippen molar-refractivity contribution in [3.8, 4) is 5.69 Å². The highest BCUT2D eigenvalue weighted by molar-refractivity contribution is 7.12. The van der Waals surface area contributed by atoms with Crippen LogP contribution in [0, 0.1) is 6.92 Å². The second-order valence-electron chi connectivity index (χ2n) is 8.52. The SMILES string of the molecule is CCc1nc(NC2CCC(NC(=O)c3cccs3)CC2)c2c(C)nn(-c3ccccc3)c2n1. The minimum Gasteiger partial charge on any atom is -0.367 e. The quantitative estimate of drug-likeness (QED) is 0.427. The number of fused-ring (bicyclic) bond motifs is 1. The predicted octanol–water partition coefficient (Wildman–Crippen LogP) is 4.90. The van der Waals surface area contributed by atoms with E-state index >= 15 is 0 Å². The van der Waals surface area contributed by atoms with Gasteiger partial charge < -0.3 is 10.6 Å². The molecule has 1 aliphatic rings. The van der Waals surface area contributed by atoms with Crippen molar-refractivity contribution in [3.05, 3.63) is 64.2 Å². The number of carbonyl (C=O) groups is 1. The van der Waals surface area contributed by atoms with Crippen LogP contribution >= 0.6 is 11.3 Å². The number of thiophene rings is 1. The number of amides is 1. The topological polar surface area (TPSA) is 84.7 Å². The molecule has 1 aromatic carbocycles. The van der Waals surface area contributed by atoms with E-state index in [1.807, 2.05) is 59.5 Å². The Hall–Kier alpha value is -3.26. The molecule has 33 heavy (non-hydrogen) atoms. The number of hydrogen-bond donors (Lipinski definition) is 2. The largest absolute Gasteiger partial charge is 0.367 e. The fraction of sp³-hybridized carbons (Fsp3) is 0.360. The average molecular weight is 461 g/mol. The highest BCUT2D eigenvalue weighted by Crippen LogP contribution is 2.29. The summed E-state index contributed by atoms with van der Waals surface area (Å²) in [5.41, 5.74) is 2.74. The Morgan fingerprint density at radius 1 is 1.06 bits per heavy atom. The Kier molecular flexibility index (Phi) is 6.09. The molecule has 0 saturated heterocycles. The summed E-state index contributed by atoms with van der Waals surface area (Å²) in [7, 11) is 0. The van der Waals surface area contributed by atoms with Gasteiger partial charge in [0.05, 0.1) is 21.6 Å². The first kappa shape index (κ1) is 21.6. The summed E-state index contributed by atoms with van der Waals surface area (Å²) in [5, 5.41) is 14.6. The minimum absolute atomic E-state index is 0.0375. The van der Waals surface area contributed by atoms with Crippen molar-refractivity contribution >= 4 is 34.1 Å². The van der Waals surface area contributed by atoms with Gasteiger partial charge in [-0.25, -0.2) is 14.6 Å². The Balaban J connectivity index is 1.34. The van der Waals surface area contributed by atoms with E-state index in [9.17, 15) is 4.79 Å². The monoisotopic (exact) mass is 460 g/mol. The molecule has 0 aliphatic heterocycles. The zero-order valence-corrected chi connectivity index (χ0v) is 19.7. The number of rotatable bonds is 6. The van der Waals surface area contributed by atoms with Crippen LogP contribution < -0.4 is 10.6 Å². The minimum atomic E-state index is 0.0375. The van der Waals surface area contributed by atoms with Gasteiger partial charge in [-0.2, -0.15) is 5.10 Å². The lowest BCUT2D eigenvalue weighted by atomic mass is 9.91. The molecule has 8 heteroatoms. The van der Waals surface area contributed by atoms with Crippen LogP contribution in [0.5, 0.6) is 0 Å². The number of para-hydroxylation sites is 1. The molecule has 0 atom stereocenters. The van der Waals surface area contributed by atoms with Crippen LogP contribution in [0.3, 0.4) is 0 Å². The Bertz CT molecular complexity index is 1240. The third kappa shape index (κ3) is 4.48. The molecule has 170 valence electrons. The maximum absolute atomic E-state index is 12.4. The molecular formula is C25H28N6OS. The number of nitrogens with zero attached hydrogens (tertiary/aromatic N) is 4. The van der Waals surface area contributed by atoms with Crippen LogP contribution in [-0.4, -0.2) is 37.7 Å². The molecule has 1 fully saturated rings. The van der Waals surface area contributed by atoms with Crippen molar-refractivity contribution in [2.24, 2.45) is 0 Å². The van der Waals surface area contributed by atoms with Crippen molar-refractivity contribution in [2.75, 3.05) is 5.32 Å². The van der Waals surface area contributed by atoms with Gasteiger partial charge in [-0.3, -0.25) is 4.79 Å². The van der Waals surface area contributed by atoms with E-state index in [4.69, 9.17) is 15.1 Å². The smallest absolute Gasteiger partial charge is 0.261 e. The molecule has 0 unspecified atom stereocenters. The number of carbonyl (C=O) groups excluding carboxylic acids is 1. The number of benzene rings is 1. The zero-order chi connectivity index (χ0) is 22.8. The van der Waals surface area contributed by atoms with Crippen LogP contribution in [0.25, 0.3) is 16.7 Å². The number of aryl methyl sites for hydroxylation is 2. The first-order valence-electron chi connectivity index (χ1n) is 11.5. The van der Waals surface area contributed by atoms with Gasteiger partial charge in [-0.15, -0.1) is 11.3 Å². The van der Waals surface area contributed by atoms with Gasteiger partial charge >= 0.3 is 0 Å². The second kappa shape index (κ2) is 9.31. The normalized spacial score (nSPS) is 18.4. The molecule has 1 saturated carbocycles. The molecule has 4 aromatic rings. The maximum atomic E-state index is 12.4. The maximum Gasteiger partial charge on any atom is 0.261 e. The molecule has 7 nitrogen and oxygen atoms in total. The van der Waals surface area contributed by atoms with E-state index in [1.54, 1.807) is 0 Å². The predicted molar refractivity (Wildman–Crippen MR) is 132 cm³/mol. The number of nitrogens with one attached hydrogen (secondary N) is 2. The van der Waals surface area contributed by atoms with E-state index in [0.717, 1.165) is 71.0 Å². The van der Waals surface area contributed by atoms with Crippen molar-refractivity contribution < 1.29 is 4.79 Å². The number of aromatic nitrogens is 4. The molecule has 3 heterocycles. The lowest BCUT2D eigenvalue weighted by Gasteiger charge is -2.30. The van der Waals surface area contributed by atoms with Gasteiger partial charge in [0.2, 0.25) is 0 Å². The van der Waals surface area contributed by atoms with Crippen LogP contribution in [0.4, 0.5) is 5.82 Å². The van der Waals surface area contributed by atoms with Crippen LogP contribution in [-0.2, 0) is 6.42 Å². The summed E-state index contributed by atoms with van der Waals surface area (Å²) >= 11 is 1.48. The zero-order valence-electron chi connectivity index (χ0n) is 18.9. The highest BCUT2D eigenvalue weighted by Gasteiger charge is 2.25. The van der Waals surface area contributed by atoms with Crippen LogP contribution in [0.1, 0.15) is 53.8 Å². The molecule has 2 N–H and O–H groups in total. The molecule has 1 aliphatic carbocycles. The van der Waals surface area contributed by atoms with Gasteiger partial charge in [-0.1, -0.05) is 31.2 Å². The fourth-order valence-electron chi connectivity index (χ4n) is 4.48. The van der Waals surface area contributed by atoms with E-state index in [0.29, 0.717) is 6.04 Å². The molecule has 0 radical (unpaired) electrons. The third-order valence-corrected chi connectivity index (χ3v) is 7.08. The molecular weight excluding hydrogens is 432 g/mol. The van der Waals surface area contributed by atoms with Crippen LogP contribution in [0.2, 0.25) is 0 Å². The Labute approximate surface area is 197 Å². The van der Waals surface area contributed by atoms with E-state index in [1.165, 1.54) is 11.3 Å². The lowest BCUT2D eigenvalue weighted by Crippen LogP contribution is -2.40. The van der Waals surface area contributed by atoms with E-state index < -0.39 is 0 Å². The van der Waals surface area contributed by atoms with Crippen LogP contribution in [0.15, 0.2) is 47.8 Å². The molecule has 0 bridgehead atoms. The van der Waals surface area contributed by atoms with Gasteiger partial charge in [0.1, 0.15) is 11.6 Å². The molecule has 5 rings (SSSR count). The average Bonchev–Trinajstić information content (AvgIpc) is 3.49.